The Balaban J connectivity index is 1.90. The summed E-state index contributed by atoms with van der Waals surface area (Å²) in [5, 5.41) is 17.4. The van der Waals surface area contributed by atoms with Gasteiger partial charge in [-0.25, -0.2) is 4.98 Å². The third-order valence-corrected chi connectivity index (χ3v) is 4.10. The Morgan fingerprint density at radius 1 is 1.04 bits per heavy atom. The van der Waals surface area contributed by atoms with E-state index in [1.54, 1.807) is 19.4 Å². The van der Waals surface area contributed by atoms with Crippen molar-refractivity contribution in [2.75, 3.05) is 7.11 Å². The molecule has 0 spiro atoms. The fourth-order valence-electron chi connectivity index (χ4n) is 2.88. The molecular weight excluding hydrogens is 312 g/mol. The molecule has 0 aliphatic carbocycles. The molecule has 2 aromatic carbocycles. The van der Waals surface area contributed by atoms with Crippen LogP contribution in [0.15, 0.2) is 60.8 Å². The maximum atomic E-state index is 9.10. The highest BCUT2D eigenvalue weighted by molar-refractivity contribution is 5.94. The highest BCUT2D eigenvalue weighted by Gasteiger charge is 2.14. The number of nitriles is 1. The van der Waals surface area contributed by atoms with Crippen molar-refractivity contribution in [1.82, 2.24) is 15.2 Å². The second kappa shape index (κ2) is 6.10. The van der Waals surface area contributed by atoms with E-state index in [-0.39, 0.29) is 0 Å². The third kappa shape index (κ3) is 2.60. The molecule has 5 heteroatoms. The number of para-hydroxylation sites is 1. The van der Waals surface area contributed by atoms with E-state index >= 15 is 0 Å². The largest absolute Gasteiger partial charge is 0.496 e. The van der Waals surface area contributed by atoms with Gasteiger partial charge in [0.1, 0.15) is 11.4 Å². The third-order valence-electron chi connectivity index (χ3n) is 4.10. The summed E-state index contributed by atoms with van der Waals surface area (Å²) in [7, 11) is 1.64. The minimum absolute atomic E-state index is 0.620. The van der Waals surface area contributed by atoms with E-state index in [0.717, 1.165) is 33.5 Å². The molecule has 0 unspecified atom stereocenters. The number of nitrogens with one attached hydrogen (secondary N) is 1. The molecule has 1 N–H and O–H groups in total. The lowest BCUT2D eigenvalue weighted by atomic mass is 10.0. The van der Waals surface area contributed by atoms with Gasteiger partial charge in [-0.1, -0.05) is 24.3 Å². The Labute approximate surface area is 144 Å². The molecule has 0 atom stereocenters. The maximum absolute atomic E-state index is 9.10. The van der Waals surface area contributed by atoms with E-state index in [1.165, 1.54) is 0 Å². The summed E-state index contributed by atoms with van der Waals surface area (Å²) in [4.78, 5) is 4.47. The van der Waals surface area contributed by atoms with E-state index in [1.807, 2.05) is 48.5 Å². The zero-order chi connectivity index (χ0) is 17.2. The first-order chi connectivity index (χ1) is 12.3. The van der Waals surface area contributed by atoms with Crippen LogP contribution >= 0.6 is 0 Å². The number of H-pyrrole nitrogens is 1. The molecule has 5 nitrogen and oxygen atoms in total. The number of benzene rings is 2. The van der Waals surface area contributed by atoms with Gasteiger partial charge in [0.15, 0.2) is 5.65 Å². The minimum atomic E-state index is 0.620. The predicted octanol–water partition coefficient (Wildman–Crippen LogP) is 4.17. The lowest BCUT2D eigenvalue weighted by molar-refractivity contribution is 0.416. The number of aromatic amines is 1. The number of aromatic nitrogens is 3. The van der Waals surface area contributed by atoms with E-state index in [2.05, 4.69) is 21.3 Å². The summed E-state index contributed by atoms with van der Waals surface area (Å²) in [6, 6.07) is 19.4. The van der Waals surface area contributed by atoms with Crippen LogP contribution < -0.4 is 4.74 Å². The number of pyridine rings is 1. The zero-order valence-corrected chi connectivity index (χ0v) is 13.5. The van der Waals surface area contributed by atoms with Crippen molar-refractivity contribution in [1.29, 1.82) is 5.26 Å². The van der Waals surface area contributed by atoms with Crippen LogP contribution in [0.1, 0.15) is 5.56 Å². The van der Waals surface area contributed by atoms with Crippen molar-refractivity contribution in [2.24, 2.45) is 0 Å². The monoisotopic (exact) mass is 326 g/mol. The second-order valence-electron chi connectivity index (χ2n) is 5.59. The van der Waals surface area contributed by atoms with Gasteiger partial charge < -0.3 is 4.74 Å². The van der Waals surface area contributed by atoms with Crippen molar-refractivity contribution < 1.29 is 4.74 Å². The predicted molar refractivity (Wildman–Crippen MR) is 96.0 cm³/mol. The fourth-order valence-corrected chi connectivity index (χ4v) is 2.88. The Hall–Kier alpha value is -3.65. The molecule has 0 saturated carbocycles. The van der Waals surface area contributed by atoms with Gasteiger partial charge in [0.2, 0.25) is 0 Å². The number of hydrogen-bond donors (Lipinski definition) is 1. The number of hydrogen-bond acceptors (Lipinski definition) is 4. The molecule has 4 aromatic rings. The van der Waals surface area contributed by atoms with E-state index in [4.69, 9.17) is 10.00 Å². The van der Waals surface area contributed by atoms with Gasteiger partial charge in [-0.15, -0.1) is 0 Å². The lowest BCUT2D eigenvalue weighted by Crippen LogP contribution is -1.88. The first-order valence-corrected chi connectivity index (χ1v) is 7.78. The number of methoxy groups -OCH3 is 1. The van der Waals surface area contributed by atoms with Crippen LogP contribution in [0.25, 0.3) is 33.4 Å². The summed E-state index contributed by atoms with van der Waals surface area (Å²) >= 11 is 0. The van der Waals surface area contributed by atoms with E-state index < -0.39 is 0 Å². The van der Waals surface area contributed by atoms with Gasteiger partial charge in [-0.2, -0.15) is 10.4 Å². The van der Waals surface area contributed by atoms with Crippen LogP contribution in [-0.2, 0) is 0 Å². The van der Waals surface area contributed by atoms with Gasteiger partial charge in [-0.05, 0) is 35.9 Å². The molecule has 25 heavy (non-hydrogen) atoms. The summed E-state index contributed by atoms with van der Waals surface area (Å²) in [5.41, 5.74) is 4.90. The number of fused-ring (bicyclic) bond motifs is 1. The molecule has 2 heterocycles. The van der Waals surface area contributed by atoms with Crippen molar-refractivity contribution in [3.8, 4) is 34.2 Å². The highest BCUT2D eigenvalue weighted by atomic mass is 16.5. The fraction of sp³-hybridized carbons (Fsp3) is 0.0500. The maximum Gasteiger partial charge on any atom is 0.155 e. The van der Waals surface area contributed by atoms with Gasteiger partial charge in [-0.3, -0.25) is 5.10 Å². The number of ether oxygens (including phenoxy) is 1. The van der Waals surface area contributed by atoms with Crippen LogP contribution in [0, 0.1) is 11.3 Å². The summed E-state index contributed by atoms with van der Waals surface area (Å²) < 4.78 is 5.45. The van der Waals surface area contributed by atoms with E-state index in [9.17, 15) is 0 Å². The van der Waals surface area contributed by atoms with Gasteiger partial charge in [0.25, 0.3) is 0 Å². The van der Waals surface area contributed by atoms with Crippen LogP contribution in [-0.4, -0.2) is 22.3 Å². The van der Waals surface area contributed by atoms with Crippen molar-refractivity contribution in [3.63, 3.8) is 0 Å². The average molecular weight is 326 g/mol. The quantitative estimate of drug-likeness (QED) is 0.613. The van der Waals surface area contributed by atoms with Crippen LogP contribution in [0.2, 0.25) is 0 Å². The summed E-state index contributed by atoms with van der Waals surface area (Å²) in [6.45, 7) is 0. The average Bonchev–Trinajstić information content (AvgIpc) is 3.11. The molecule has 0 radical (unpaired) electrons. The van der Waals surface area contributed by atoms with Crippen LogP contribution in [0.4, 0.5) is 0 Å². The molecule has 0 aliphatic rings. The Bertz CT molecular complexity index is 1110. The van der Waals surface area contributed by atoms with Gasteiger partial charge in [0, 0.05) is 22.7 Å². The molecule has 120 valence electrons. The first-order valence-electron chi connectivity index (χ1n) is 7.78. The molecule has 2 aromatic heterocycles. The van der Waals surface area contributed by atoms with Crippen molar-refractivity contribution in [3.05, 3.63) is 66.4 Å². The molecule has 0 aliphatic heterocycles. The summed E-state index contributed by atoms with van der Waals surface area (Å²) in [6.07, 6.45) is 1.78. The number of nitrogens with zero attached hydrogens (tertiary/aromatic N) is 3. The Kier molecular flexibility index (Phi) is 3.64. The summed E-state index contributed by atoms with van der Waals surface area (Å²) in [5.74, 6) is 0.757. The molecular formula is C20H14N4O. The van der Waals surface area contributed by atoms with Crippen LogP contribution in [0.5, 0.6) is 5.75 Å². The Morgan fingerprint density at radius 2 is 1.92 bits per heavy atom. The van der Waals surface area contributed by atoms with Crippen molar-refractivity contribution in [2.45, 2.75) is 0 Å². The van der Waals surface area contributed by atoms with Crippen LogP contribution in [0.3, 0.4) is 0 Å². The molecule has 0 amide bonds. The SMILES string of the molecule is COc1ccccc1-c1n[nH]c2ncc(-c3cccc(C#N)c3)cc12. The molecule has 0 saturated heterocycles. The Morgan fingerprint density at radius 3 is 2.76 bits per heavy atom. The van der Waals surface area contributed by atoms with Gasteiger partial charge in [0.05, 0.1) is 18.7 Å². The normalized spacial score (nSPS) is 10.6. The van der Waals surface area contributed by atoms with Crippen molar-refractivity contribution >= 4 is 11.0 Å². The standard InChI is InChI=1S/C20H14N4O/c1-25-18-8-3-2-7-16(18)19-17-10-15(12-22-20(17)24-23-19)14-6-4-5-13(9-14)11-21/h2-10,12H,1H3,(H,22,23,24). The second-order valence-corrected chi connectivity index (χ2v) is 5.59. The molecule has 4 rings (SSSR count). The first kappa shape index (κ1) is 14.9. The highest BCUT2D eigenvalue weighted by Crippen LogP contribution is 2.34. The molecule has 0 fully saturated rings. The topological polar surface area (TPSA) is 74.6 Å². The molecule has 0 bridgehead atoms. The lowest BCUT2D eigenvalue weighted by Gasteiger charge is -2.06. The van der Waals surface area contributed by atoms with Gasteiger partial charge >= 0.3 is 0 Å². The smallest absolute Gasteiger partial charge is 0.155 e. The number of rotatable bonds is 3. The zero-order valence-electron chi connectivity index (χ0n) is 13.5. The van der Waals surface area contributed by atoms with E-state index in [0.29, 0.717) is 11.2 Å². The minimum Gasteiger partial charge on any atom is -0.496 e.